The highest BCUT2D eigenvalue weighted by molar-refractivity contribution is 5.02. The number of nitrogens with one attached hydrogen (secondary N) is 1. The van der Waals surface area contributed by atoms with Crippen molar-refractivity contribution >= 4 is 0 Å². The Morgan fingerprint density at radius 3 is 2.94 bits per heavy atom. The van der Waals surface area contributed by atoms with Crippen LogP contribution in [0, 0.1) is 11.8 Å². The topological polar surface area (TPSA) is 28.4 Å². The van der Waals surface area contributed by atoms with Crippen molar-refractivity contribution in [3.63, 3.8) is 0 Å². The predicted octanol–water partition coefficient (Wildman–Crippen LogP) is 2.52. The molecule has 3 nitrogen and oxygen atoms in total. The summed E-state index contributed by atoms with van der Waals surface area (Å²) in [6.07, 6.45) is 3.15. The normalized spacial score (nSPS) is 25.2. The van der Waals surface area contributed by atoms with E-state index in [4.69, 9.17) is 4.42 Å². The third kappa shape index (κ3) is 3.86. The molecule has 1 heterocycles. The van der Waals surface area contributed by atoms with Gasteiger partial charge in [-0.05, 0) is 44.4 Å². The summed E-state index contributed by atoms with van der Waals surface area (Å²) in [7, 11) is 2.21. The first-order chi connectivity index (χ1) is 8.16. The highest BCUT2D eigenvalue weighted by atomic mass is 16.3. The van der Waals surface area contributed by atoms with Crippen LogP contribution < -0.4 is 5.32 Å². The molecule has 1 N–H and O–H groups in total. The third-order valence-electron chi connectivity index (χ3n) is 3.74. The summed E-state index contributed by atoms with van der Waals surface area (Å²) in [6, 6.07) is 4.26. The van der Waals surface area contributed by atoms with Gasteiger partial charge in [0.15, 0.2) is 0 Å². The van der Waals surface area contributed by atoms with Gasteiger partial charge in [0.2, 0.25) is 0 Å². The zero-order valence-corrected chi connectivity index (χ0v) is 11.1. The molecule has 1 aromatic rings. The fourth-order valence-electron chi connectivity index (χ4n) is 2.26. The Morgan fingerprint density at radius 1 is 1.59 bits per heavy atom. The first-order valence-electron chi connectivity index (χ1n) is 6.62. The van der Waals surface area contributed by atoms with Gasteiger partial charge in [-0.3, -0.25) is 0 Å². The van der Waals surface area contributed by atoms with E-state index in [0.29, 0.717) is 6.04 Å². The summed E-state index contributed by atoms with van der Waals surface area (Å²) in [6.45, 7) is 7.85. The van der Waals surface area contributed by atoms with Crippen molar-refractivity contribution in [3.8, 4) is 0 Å². The van der Waals surface area contributed by atoms with Crippen LogP contribution in [0.5, 0.6) is 0 Å². The van der Waals surface area contributed by atoms with Gasteiger partial charge in [-0.25, -0.2) is 0 Å². The zero-order valence-electron chi connectivity index (χ0n) is 11.1. The largest absolute Gasteiger partial charge is 0.468 e. The smallest absolute Gasteiger partial charge is 0.120 e. The van der Waals surface area contributed by atoms with E-state index in [1.165, 1.54) is 13.0 Å². The maximum Gasteiger partial charge on any atom is 0.120 e. The molecule has 2 rings (SSSR count). The van der Waals surface area contributed by atoms with Crippen LogP contribution in [0.1, 0.15) is 32.1 Å². The molecule has 1 aliphatic rings. The molecule has 3 unspecified atom stereocenters. The lowest BCUT2D eigenvalue weighted by Crippen LogP contribution is -2.32. The van der Waals surface area contributed by atoms with Crippen molar-refractivity contribution < 1.29 is 4.42 Å². The Morgan fingerprint density at radius 2 is 2.35 bits per heavy atom. The van der Waals surface area contributed by atoms with E-state index in [-0.39, 0.29) is 0 Å². The van der Waals surface area contributed by atoms with E-state index in [9.17, 15) is 0 Å². The van der Waals surface area contributed by atoms with Gasteiger partial charge < -0.3 is 14.6 Å². The summed E-state index contributed by atoms with van der Waals surface area (Å²) >= 11 is 0. The highest BCUT2D eigenvalue weighted by Crippen LogP contribution is 2.37. The second kappa shape index (κ2) is 5.69. The van der Waals surface area contributed by atoms with Crippen LogP contribution in [0.2, 0.25) is 0 Å². The average molecular weight is 236 g/mol. The van der Waals surface area contributed by atoms with Gasteiger partial charge in [-0.2, -0.15) is 0 Å². The average Bonchev–Trinajstić information content (AvgIpc) is 2.83. The lowest BCUT2D eigenvalue weighted by atomic mass is 10.2. The lowest BCUT2D eigenvalue weighted by Gasteiger charge is -2.18. The van der Waals surface area contributed by atoms with Crippen molar-refractivity contribution in [2.75, 3.05) is 26.7 Å². The van der Waals surface area contributed by atoms with E-state index in [0.717, 1.165) is 30.7 Å². The van der Waals surface area contributed by atoms with Crippen LogP contribution in [-0.2, 0) is 0 Å². The molecule has 1 aliphatic carbocycles. The predicted molar refractivity (Wildman–Crippen MR) is 69.9 cm³/mol. The van der Waals surface area contributed by atoms with Gasteiger partial charge >= 0.3 is 0 Å². The van der Waals surface area contributed by atoms with Crippen LogP contribution in [0.3, 0.4) is 0 Å². The SMILES string of the molecule is CC(NCCN(C)CC1CC1C)c1ccco1. The maximum atomic E-state index is 5.37. The lowest BCUT2D eigenvalue weighted by molar-refractivity contribution is 0.304. The van der Waals surface area contributed by atoms with E-state index < -0.39 is 0 Å². The first kappa shape index (κ1) is 12.7. The molecule has 1 aromatic heterocycles. The maximum absolute atomic E-state index is 5.37. The number of hydrogen-bond acceptors (Lipinski definition) is 3. The van der Waals surface area contributed by atoms with Crippen LogP contribution in [0.4, 0.5) is 0 Å². The van der Waals surface area contributed by atoms with Crippen LogP contribution >= 0.6 is 0 Å². The van der Waals surface area contributed by atoms with Gasteiger partial charge in [-0.15, -0.1) is 0 Å². The van der Waals surface area contributed by atoms with E-state index in [1.54, 1.807) is 6.26 Å². The zero-order chi connectivity index (χ0) is 12.3. The monoisotopic (exact) mass is 236 g/mol. The van der Waals surface area contributed by atoms with Crippen molar-refractivity contribution in [1.29, 1.82) is 0 Å². The Kier molecular flexibility index (Phi) is 4.24. The second-order valence-corrected chi connectivity index (χ2v) is 5.43. The molecule has 1 saturated carbocycles. The molecule has 0 aliphatic heterocycles. The van der Waals surface area contributed by atoms with Crippen LogP contribution in [0.25, 0.3) is 0 Å². The number of likely N-dealkylation sites (N-methyl/N-ethyl adjacent to an activating group) is 1. The molecular weight excluding hydrogens is 212 g/mol. The summed E-state index contributed by atoms with van der Waals surface area (Å²) in [5.41, 5.74) is 0. The molecule has 0 radical (unpaired) electrons. The highest BCUT2D eigenvalue weighted by Gasteiger charge is 2.32. The van der Waals surface area contributed by atoms with Gasteiger partial charge in [0.05, 0.1) is 12.3 Å². The first-order valence-corrected chi connectivity index (χ1v) is 6.62. The number of furan rings is 1. The molecule has 0 aromatic carbocycles. The molecule has 0 amide bonds. The van der Waals surface area contributed by atoms with Gasteiger partial charge in [0, 0.05) is 19.6 Å². The van der Waals surface area contributed by atoms with Crippen LogP contribution in [0.15, 0.2) is 22.8 Å². The van der Waals surface area contributed by atoms with Gasteiger partial charge in [0.25, 0.3) is 0 Å². The Balaban J connectivity index is 1.59. The molecule has 0 saturated heterocycles. The van der Waals surface area contributed by atoms with E-state index >= 15 is 0 Å². The minimum absolute atomic E-state index is 0.304. The van der Waals surface area contributed by atoms with Crippen molar-refractivity contribution in [1.82, 2.24) is 10.2 Å². The molecule has 17 heavy (non-hydrogen) atoms. The molecule has 0 spiro atoms. The quantitative estimate of drug-likeness (QED) is 0.788. The van der Waals surface area contributed by atoms with Gasteiger partial charge in [0.1, 0.15) is 5.76 Å². The molecule has 3 atom stereocenters. The minimum Gasteiger partial charge on any atom is -0.468 e. The number of hydrogen-bond donors (Lipinski definition) is 1. The van der Waals surface area contributed by atoms with E-state index in [2.05, 4.69) is 31.1 Å². The molecule has 96 valence electrons. The fourth-order valence-corrected chi connectivity index (χ4v) is 2.26. The van der Waals surface area contributed by atoms with Crippen molar-refractivity contribution in [2.45, 2.75) is 26.3 Å². The summed E-state index contributed by atoms with van der Waals surface area (Å²) in [5, 5.41) is 3.49. The fraction of sp³-hybridized carbons (Fsp3) is 0.714. The van der Waals surface area contributed by atoms with E-state index in [1.807, 2.05) is 12.1 Å². The molecule has 0 bridgehead atoms. The molecule has 1 fully saturated rings. The summed E-state index contributed by atoms with van der Waals surface area (Å²) in [4.78, 5) is 2.43. The summed E-state index contributed by atoms with van der Waals surface area (Å²) < 4.78 is 5.37. The number of nitrogens with zero attached hydrogens (tertiary/aromatic N) is 1. The van der Waals surface area contributed by atoms with Crippen molar-refractivity contribution in [2.24, 2.45) is 11.8 Å². The Hall–Kier alpha value is -0.800. The van der Waals surface area contributed by atoms with Gasteiger partial charge in [-0.1, -0.05) is 6.92 Å². The third-order valence-corrected chi connectivity index (χ3v) is 3.74. The molecule has 3 heteroatoms. The standard InChI is InChI=1S/C14H24N2O/c1-11-9-13(11)10-16(3)7-6-15-12(2)14-5-4-8-17-14/h4-5,8,11-13,15H,6-7,9-10H2,1-3H3. The minimum atomic E-state index is 0.304. The second-order valence-electron chi connectivity index (χ2n) is 5.43. The summed E-state index contributed by atoms with van der Waals surface area (Å²) in [5.74, 6) is 2.92. The van der Waals surface area contributed by atoms with Crippen LogP contribution in [-0.4, -0.2) is 31.6 Å². The number of rotatable bonds is 7. The molecular formula is C14H24N2O. The Labute approximate surface area is 104 Å². The Bertz CT molecular complexity index is 323. The van der Waals surface area contributed by atoms with Crippen molar-refractivity contribution in [3.05, 3.63) is 24.2 Å².